The zero-order valence-corrected chi connectivity index (χ0v) is 18.3. The van der Waals surface area contributed by atoms with Gasteiger partial charge in [0, 0.05) is 39.5 Å². The number of hydrogen-bond acceptors (Lipinski definition) is 3. The molecule has 4 aromatic carbocycles. The lowest BCUT2D eigenvalue weighted by Crippen LogP contribution is -1.93. The van der Waals surface area contributed by atoms with Crippen molar-refractivity contribution in [3.8, 4) is 22.5 Å². The molecule has 0 radical (unpaired) electrons. The Morgan fingerprint density at radius 2 is 1.26 bits per heavy atom. The SMILES string of the molecule is c1ccc2c(c1)ccc1c(-c3ccc(-c4ccnc5ccccc45)cn3)nc3ccccc3c12. The van der Waals surface area contributed by atoms with E-state index < -0.39 is 0 Å². The number of fused-ring (bicyclic) bond motifs is 6. The van der Waals surface area contributed by atoms with Crippen LogP contribution in [0, 0.1) is 0 Å². The van der Waals surface area contributed by atoms with Crippen molar-refractivity contribution in [2.24, 2.45) is 0 Å². The number of nitrogens with zero attached hydrogens (tertiary/aromatic N) is 3. The largest absolute Gasteiger partial charge is 0.256 e. The molecule has 7 rings (SSSR count). The number of hydrogen-bond donors (Lipinski definition) is 0. The minimum atomic E-state index is 0.869. The predicted octanol–water partition coefficient (Wildman–Crippen LogP) is 7.82. The summed E-state index contributed by atoms with van der Waals surface area (Å²) in [4.78, 5) is 14.4. The van der Waals surface area contributed by atoms with Gasteiger partial charge in [0.15, 0.2) is 0 Å². The van der Waals surface area contributed by atoms with Gasteiger partial charge >= 0.3 is 0 Å². The molecule has 3 aromatic heterocycles. The van der Waals surface area contributed by atoms with Gasteiger partial charge in [0.2, 0.25) is 0 Å². The van der Waals surface area contributed by atoms with Gasteiger partial charge in [-0.25, -0.2) is 4.98 Å². The van der Waals surface area contributed by atoms with Crippen LogP contribution in [0.3, 0.4) is 0 Å². The van der Waals surface area contributed by atoms with E-state index in [0.29, 0.717) is 0 Å². The zero-order valence-electron chi connectivity index (χ0n) is 18.3. The van der Waals surface area contributed by atoms with E-state index in [-0.39, 0.29) is 0 Å². The fourth-order valence-electron chi connectivity index (χ4n) is 4.96. The normalized spacial score (nSPS) is 11.5. The van der Waals surface area contributed by atoms with Gasteiger partial charge in [0.1, 0.15) is 0 Å². The summed E-state index contributed by atoms with van der Waals surface area (Å²) in [5.41, 5.74) is 5.94. The monoisotopic (exact) mass is 433 g/mol. The summed E-state index contributed by atoms with van der Waals surface area (Å²) in [7, 11) is 0. The summed E-state index contributed by atoms with van der Waals surface area (Å²) >= 11 is 0. The maximum atomic E-state index is 5.06. The topological polar surface area (TPSA) is 38.7 Å². The average Bonchev–Trinajstić information content (AvgIpc) is 2.92. The van der Waals surface area contributed by atoms with Gasteiger partial charge in [0.05, 0.1) is 22.4 Å². The van der Waals surface area contributed by atoms with Gasteiger partial charge in [-0.05, 0) is 40.6 Å². The number of rotatable bonds is 2. The molecular formula is C31H19N3. The van der Waals surface area contributed by atoms with Crippen molar-refractivity contribution < 1.29 is 0 Å². The van der Waals surface area contributed by atoms with Crippen LogP contribution < -0.4 is 0 Å². The molecule has 0 amide bonds. The van der Waals surface area contributed by atoms with Crippen LogP contribution in [0.4, 0.5) is 0 Å². The van der Waals surface area contributed by atoms with Crippen molar-refractivity contribution in [3.63, 3.8) is 0 Å². The van der Waals surface area contributed by atoms with E-state index in [1.54, 1.807) is 0 Å². The summed E-state index contributed by atoms with van der Waals surface area (Å²) < 4.78 is 0. The van der Waals surface area contributed by atoms with Crippen molar-refractivity contribution in [3.05, 3.63) is 116 Å². The lowest BCUT2D eigenvalue weighted by molar-refractivity contribution is 1.29. The maximum Gasteiger partial charge on any atom is 0.0972 e. The molecule has 0 aliphatic rings. The second-order valence-electron chi connectivity index (χ2n) is 8.49. The van der Waals surface area contributed by atoms with Crippen molar-refractivity contribution >= 4 is 43.4 Å². The third kappa shape index (κ3) is 2.87. The summed E-state index contributed by atoms with van der Waals surface area (Å²) in [5, 5.41) is 7.10. The van der Waals surface area contributed by atoms with Gasteiger partial charge in [-0.15, -0.1) is 0 Å². The molecule has 34 heavy (non-hydrogen) atoms. The van der Waals surface area contributed by atoms with E-state index in [2.05, 4.69) is 83.8 Å². The molecule has 3 nitrogen and oxygen atoms in total. The molecule has 3 heteroatoms. The summed E-state index contributed by atoms with van der Waals surface area (Å²) in [6.07, 6.45) is 3.80. The summed E-state index contributed by atoms with van der Waals surface area (Å²) in [6.45, 7) is 0. The quantitative estimate of drug-likeness (QED) is 0.261. The lowest BCUT2D eigenvalue weighted by atomic mass is 9.96. The van der Waals surface area contributed by atoms with Gasteiger partial charge in [-0.1, -0.05) is 78.9 Å². The van der Waals surface area contributed by atoms with E-state index in [0.717, 1.165) is 49.7 Å². The molecule has 0 aliphatic heterocycles. The fraction of sp³-hybridized carbons (Fsp3) is 0. The molecule has 0 saturated carbocycles. The Morgan fingerprint density at radius 1 is 0.500 bits per heavy atom. The highest BCUT2D eigenvalue weighted by Crippen LogP contribution is 2.37. The molecule has 0 spiro atoms. The molecule has 0 aliphatic carbocycles. The van der Waals surface area contributed by atoms with Crippen LogP contribution >= 0.6 is 0 Å². The molecule has 158 valence electrons. The predicted molar refractivity (Wildman–Crippen MR) is 141 cm³/mol. The minimum absolute atomic E-state index is 0.869. The van der Waals surface area contributed by atoms with Crippen molar-refractivity contribution in [2.75, 3.05) is 0 Å². The Balaban J connectivity index is 1.46. The highest BCUT2D eigenvalue weighted by Gasteiger charge is 2.14. The van der Waals surface area contributed by atoms with Crippen LogP contribution in [0.2, 0.25) is 0 Å². The lowest BCUT2D eigenvalue weighted by Gasteiger charge is -2.12. The van der Waals surface area contributed by atoms with E-state index in [4.69, 9.17) is 9.97 Å². The van der Waals surface area contributed by atoms with Gasteiger partial charge in [-0.2, -0.15) is 0 Å². The number of aromatic nitrogens is 3. The molecule has 7 aromatic rings. The van der Waals surface area contributed by atoms with Crippen LogP contribution in [-0.2, 0) is 0 Å². The molecule has 0 fully saturated rings. The first kappa shape index (κ1) is 18.9. The molecule has 0 N–H and O–H groups in total. The van der Waals surface area contributed by atoms with Crippen LogP contribution in [0.1, 0.15) is 0 Å². The standard InChI is InChI=1S/C31H19N3/c1-2-8-23-20(7-1)13-15-26-30(23)25-10-4-6-12-28(25)34-31(26)29-16-14-21(19-33-29)22-17-18-32-27-11-5-3-9-24(22)27/h1-19H. The van der Waals surface area contributed by atoms with E-state index in [9.17, 15) is 0 Å². The van der Waals surface area contributed by atoms with Gasteiger partial charge in [0.25, 0.3) is 0 Å². The Kier molecular flexibility index (Phi) is 4.15. The van der Waals surface area contributed by atoms with Gasteiger partial charge in [-0.3, -0.25) is 9.97 Å². The zero-order chi connectivity index (χ0) is 22.5. The number of para-hydroxylation sites is 2. The van der Waals surface area contributed by atoms with Crippen molar-refractivity contribution in [1.82, 2.24) is 15.0 Å². The maximum absolute atomic E-state index is 5.06. The number of benzene rings is 4. The first-order valence-electron chi connectivity index (χ1n) is 11.4. The van der Waals surface area contributed by atoms with Crippen LogP contribution in [0.15, 0.2) is 116 Å². The first-order valence-corrected chi connectivity index (χ1v) is 11.4. The third-order valence-corrected chi connectivity index (χ3v) is 6.56. The highest BCUT2D eigenvalue weighted by molar-refractivity contribution is 6.22. The van der Waals surface area contributed by atoms with Crippen LogP contribution in [0.5, 0.6) is 0 Å². The van der Waals surface area contributed by atoms with E-state index in [1.165, 1.54) is 16.2 Å². The number of pyridine rings is 3. The van der Waals surface area contributed by atoms with Crippen LogP contribution in [0.25, 0.3) is 65.9 Å². The second-order valence-corrected chi connectivity index (χ2v) is 8.49. The molecule has 0 atom stereocenters. The van der Waals surface area contributed by atoms with Crippen molar-refractivity contribution in [1.29, 1.82) is 0 Å². The average molecular weight is 434 g/mol. The Morgan fingerprint density at radius 3 is 2.12 bits per heavy atom. The Bertz CT molecular complexity index is 1830. The van der Waals surface area contributed by atoms with Crippen molar-refractivity contribution in [2.45, 2.75) is 0 Å². The molecule has 0 bridgehead atoms. The highest BCUT2D eigenvalue weighted by atomic mass is 14.8. The molecule has 3 heterocycles. The first-order chi connectivity index (χ1) is 16.9. The second kappa shape index (κ2) is 7.46. The van der Waals surface area contributed by atoms with E-state index >= 15 is 0 Å². The van der Waals surface area contributed by atoms with Crippen LogP contribution in [-0.4, -0.2) is 15.0 Å². The Hall–Kier alpha value is -4.63. The van der Waals surface area contributed by atoms with Gasteiger partial charge < -0.3 is 0 Å². The molecule has 0 saturated heterocycles. The van der Waals surface area contributed by atoms with E-state index in [1.807, 2.05) is 36.7 Å². The minimum Gasteiger partial charge on any atom is -0.256 e. The third-order valence-electron chi connectivity index (χ3n) is 6.56. The summed E-state index contributed by atoms with van der Waals surface area (Å²) in [6, 6.07) is 35.7. The summed E-state index contributed by atoms with van der Waals surface area (Å²) in [5.74, 6) is 0. The smallest absolute Gasteiger partial charge is 0.0972 e. The Labute approximate surface area is 196 Å². The molecule has 0 unspecified atom stereocenters. The fourth-order valence-corrected chi connectivity index (χ4v) is 4.96. The molecular weight excluding hydrogens is 414 g/mol.